The summed E-state index contributed by atoms with van der Waals surface area (Å²) in [5, 5.41) is 0. The summed E-state index contributed by atoms with van der Waals surface area (Å²) in [4.78, 5) is 14.0. The van der Waals surface area contributed by atoms with Crippen molar-refractivity contribution in [3.8, 4) is 5.75 Å². The molecule has 0 N–H and O–H groups in total. The first-order valence-electron chi connectivity index (χ1n) is 8.07. The van der Waals surface area contributed by atoms with Gasteiger partial charge in [-0.1, -0.05) is 19.1 Å². The van der Waals surface area contributed by atoms with Gasteiger partial charge in [-0.3, -0.25) is 9.69 Å². The van der Waals surface area contributed by atoms with E-state index in [1.165, 1.54) is 25.5 Å². The molecule has 1 aliphatic rings. The number of carbonyl (C=O) groups is 1. The maximum absolute atomic E-state index is 11.6. The summed E-state index contributed by atoms with van der Waals surface area (Å²) in [6.45, 7) is 7.60. The van der Waals surface area contributed by atoms with Crippen molar-refractivity contribution in [2.75, 3.05) is 13.7 Å². The van der Waals surface area contributed by atoms with Crippen LogP contribution in [0.15, 0.2) is 24.3 Å². The van der Waals surface area contributed by atoms with E-state index in [1.54, 1.807) is 0 Å². The Labute approximate surface area is 133 Å². The van der Waals surface area contributed by atoms with Crippen LogP contribution in [0, 0.1) is 5.92 Å². The first-order valence-corrected chi connectivity index (χ1v) is 8.07. The van der Waals surface area contributed by atoms with Gasteiger partial charge in [-0.05, 0) is 44.4 Å². The molecule has 0 aromatic heterocycles. The van der Waals surface area contributed by atoms with Gasteiger partial charge in [0.2, 0.25) is 0 Å². The molecule has 0 heterocycles. The molecule has 2 rings (SSSR count). The van der Waals surface area contributed by atoms with Gasteiger partial charge < -0.3 is 9.47 Å². The highest BCUT2D eigenvalue weighted by molar-refractivity contribution is 5.72. The van der Waals surface area contributed by atoms with Gasteiger partial charge in [0, 0.05) is 19.1 Å². The van der Waals surface area contributed by atoms with Crippen molar-refractivity contribution >= 4 is 5.97 Å². The van der Waals surface area contributed by atoms with Crippen LogP contribution in [0.5, 0.6) is 5.75 Å². The molecule has 0 saturated heterocycles. The number of nitrogens with zero attached hydrogens (tertiary/aromatic N) is 1. The van der Waals surface area contributed by atoms with E-state index in [1.807, 2.05) is 32.9 Å². The third-order valence-corrected chi connectivity index (χ3v) is 3.86. The second-order valence-corrected chi connectivity index (χ2v) is 6.40. The molecule has 0 bridgehead atoms. The van der Waals surface area contributed by atoms with Crippen molar-refractivity contribution in [1.29, 1.82) is 0 Å². The van der Waals surface area contributed by atoms with Crippen LogP contribution in [0.4, 0.5) is 0 Å². The maximum Gasteiger partial charge on any atom is 0.309 e. The Kier molecular flexibility index (Phi) is 5.83. The quantitative estimate of drug-likeness (QED) is 0.691. The SMILES string of the molecule is COC(=O)C(C)CN(Cc1ccc(OC(C)C)cc1)C1CC1. The van der Waals surface area contributed by atoms with Crippen molar-refractivity contribution in [1.82, 2.24) is 4.90 Å². The third-order valence-electron chi connectivity index (χ3n) is 3.86. The van der Waals surface area contributed by atoms with E-state index in [-0.39, 0.29) is 18.0 Å². The molecule has 1 aliphatic carbocycles. The number of ether oxygens (including phenoxy) is 2. The number of carbonyl (C=O) groups excluding carboxylic acids is 1. The van der Waals surface area contributed by atoms with Gasteiger partial charge in [0.15, 0.2) is 0 Å². The lowest BCUT2D eigenvalue weighted by atomic mass is 10.1. The fourth-order valence-corrected chi connectivity index (χ4v) is 2.59. The van der Waals surface area contributed by atoms with Crippen LogP contribution in [0.25, 0.3) is 0 Å². The molecule has 0 radical (unpaired) electrons. The van der Waals surface area contributed by atoms with Gasteiger partial charge in [0.25, 0.3) is 0 Å². The van der Waals surface area contributed by atoms with Crippen LogP contribution in [0.2, 0.25) is 0 Å². The minimum atomic E-state index is -0.133. The number of hydrogen-bond donors (Lipinski definition) is 0. The Bertz CT molecular complexity index is 480. The standard InChI is InChI=1S/C18H27NO3/c1-13(2)22-17-9-5-15(6-10-17)12-19(16-7-8-16)11-14(3)18(20)21-4/h5-6,9-10,13-14,16H,7-8,11-12H2,1-4H3. The van der Waals surface area contributed by atoms with Gasteiger partial charge in [-0.15, -0.1) is 0 Å². The van der Waals surface area contributed by atoms with Crippen LogP contribution in [-0.4, -0.2) is 36.7 Å². The van der Waals surface area contributed by atoms with Gasteiger partial charge in [-0.2, -0.15) is 0 Å². The van der Waals surface area contributed by atoms with Gasteiger partial charge >= 0.3 is 5.97 Å². The molecule has 4 nitrogen and oxygen atoms in total. The number of hydrogen-bond acceptors (Lipinski definition) is 4. The first-order chi connectivity index (χ1) is 10.5. The minimum absolute atomic E-state index is 0.0888. The Morgan fingerprint density at radius 2 is 1.86 bits per heavy atom. The van der Waals surface area contributed by atoms with E-state index in [4.69, 9.17) is 9.47 Å². The molecule has 1 unspecified atom stereocenters. The van der Waals surface area contributed by atoms with Crippen LogP contribution in [0.1, 0.15) is 39.2 Å². The summed E-state index contributed by atoms with van der Waals surface area (Å²) in [6.07, 6.45) is 2.64. The van der Waals surface area contributed by atoms with Crippen LogP contribution < -0.4 is 4.74 Å². The summed E-state index contributed by atoms with van der Waals surface area (Å²) in [5.41, 5.74) is 1.25. The number of esters is 1. The predicted octanol–water partition coefficient (Wildman–Crippen LogP) is 3.25. The molecule has 0 spiro atoms. The third kappa shape index (κ3) is 5.02. The zero-order chi connectivity index (χ0) is 16.1. The van der Waals surface area contributed by atoms with E-state index >= 15 is 0 Å². The number of rotatable bonds is 8. The van der Waals surface area contributed by atoms with Crippen LogP contribution >= 0.6 is 0 Å². The molecule has 4 heteroatoms. The molecule has 1 aromatic carbocycles. The van der Waals surface area contributed by atoms with E-state index in [9.17, 15) is 4.79 Å². The normalized spacial score (nSPS) is 15.9. The molecule has 122 valence electrons. The number of benzene rings is 1. The fraction of sp³-hybridized carbons (Fsp3) is 0.611. The largest absolute Gasteiger partial charge is 0.491 e. The van der Waals surface area contributed by atoms with E-state index in [0.29, 0.717) is 6.04 Å². The minimum Gasteiger partial charge on any atom is -0.491 e. The van der Waals surface area contributed by atoms with Crippen molar-refractivity contribution in [2.24, 2.45) is 5.92 Å². The van der Waals surface area contributed by atoms with Crippen LogP contribution in [0.3, 0.4) is 0 Å². The highest BCUT2D eigenvalue weighted by Gasteiger charge is 2.31. The summed E-state index contributed by atoms with van der Waals surface area (Å²) in [7, 11) is 1.45. The van der Waals surface area contributed by atoms with Gasteiger partial charge in [-0.25, -0.2) is 0 Å². The summed E-state index contributed by atoms with van der Waals surface area (Å²) >= 11 is 0. The van der Waals surface area contributed by atoms with Crippen molar-refractivity contribution in [3.05, 3.63) is 29.8 Å². The van der Waals surface area contributed by atoms with Gasteiger partial charge in [0.05, 0.1) is 19.1 Å². The Balaban J connectivity index is 1.94. The zero-order valence-electron chi connectivity index (χ0n) is 14.0. The molecule has 1 saturated carbocycles. The van der Waals surface area contributed by atoms with Gasteiger partial charge in [0.1, 0.15) is 5.75 Å². The second-order valence-electron chi connectivity index (χ2n) is 6.40. The lowest BCUT2D eigenvalue weighted by molar-refractivity contribution is -0.145. The average Bonchev–Trinajstić information content (AvgIpc) is 3.31. The predicted molar refractivity (Wildman–Crippen MR) is 86.8 cm³/mol. The molecular weight excluding hydrogens is 278 g/mol. The maximum atomic E-state index is 11.6. The van der Waals surface area contributed by atoms with Crippen molar-refractivity contribution in [3.63, 3.8) is 0 Å². The Morgan fingerprint density at radius 1 is 1.23 bits per heavy atom. The molecule has 1 aromatic rings. The van der Waals surface area contributed by atoms with E-state index in [2.05, 4.69) is 17.0 Å². The molecule has 22 heavy (non-hydrogen) atoms. The van der Waals surface area contributed by atoms with Crippen molar-refractivity contribution in [2.45, 2.75) is 52.3 Å². The lowest BCUT2D eigenvalue weighted by Crippen LogP contribution is -2.33. The fourth-order valence-electron chi connectivity index (χ4n) is 2.59. The molecule has 0 amide bonds. The summed E-state index contributed by atoms with van der Waals surface area (Å²) in [5.74, 6) is 0.681. The average molecular weight is 305 g/mol. The zero-order valence-corrected chi connectivity index (χ0v) is 14.0. The monoisotopic (exact) mass is 305 g/mol. The molecule has 0 aliphatic heterocycles. The Hall–Kier alpha value is -1.55. The highest BCUT2D eigenvalue weighted by atomic mass is 16.5. The second kappa shape index (κ2) is 7.63. The first kappa shape index (κ1) is 16.8. The number of methoxy groups -OCH3 is 1. The molecule has 1 atom stereocenters. The van der Waals surface area contributed by atoms with Crippen molar-refractivity contribution < 1.29 is 14.3 Å². The topological polar surface area (TPSA) is 38.8 Å². The Morgan fingerprint density at radius 3 is 2.36 bits per heavy atom. The molecule has 1 fully saturated rings. The summed E-state index contributed by atoms with van der Waals surface area (Å²) < 4.78 is 10.5. The molecular formula is C18H27NO3. The van der Waals surface area contributed by atoms with E-state index < -0.39 is 0 Å². The highest BCUT2D eigenvalue weighted by Crippen LogP contribution is 2.29. The van der Waals surface area contributed by atoms with Crippen LogP contribution in [-0.2, 0) is 16.1 Å². The lowest BCUT2D eigenvalue weighted by Gasteiger charge is -2.24. The van der Waals surface area contributed by atoms with E-state index in [0.717, 1.165) is 18.8 Å². The summed E-state index contributed by atoms with van der Waals surface area (Å²) in [6, 6.07) is 8.86. The smallest absolute Gasteiger partial charge is 0.309 e.